The maximum Gasteiger partial charge on any atom is 0.188 e. The average molecular weight is 193 g/mol. The Morgan fingerprint density at radius 1 is 1.50 bits per heavy atom. The fourth-order valence-electron chi connectivity index (χ4n) is 1.14. The van der Waals surface area contributed by atoms with Crippen LogP contribution in [-0.4, -0.2) is 13.9 Å². The van der Waals surface area contributed by atoms with Crippen LogP contribution in [0, 0.1) is 0 Å². The molecular weight excluding hydrogens is 178 g/mol. The molecule has 1 aromatic rings. The smallest absolute Gasteiger partial charge is 0.188 e. The molecule has 3 heteroatoms. The molecule has 0 aliphatic rings. The van der Waals surface area contributed by atoms with Crippen LogP contribution < -0.4 is 10.5 Å². The maximum absolute atomic E-state index is 5.83. The number of hydrogen-bond acceptors (Lipinski definition) is 3. The Morgan fingerprint density at radius 3 is 2.86 bits per heavy atom. The van der Waals surface area contributed by atoms with E-state index in [2.05, 4.69) is 6.58 Å². The third-order valence-corrected chi connectivity index (χ3v) is 1.86. The minimum absolute atomic E-state index is 0.206. The molecule has 0 radical (unpaired) electrons. The molecule has 76 valence electrons. The Bertz CT molecular complexity index is 299. The number of benzene rings is 1. The summed E-state index contributed by atoms with van der Waals surface area (Å²) < 4.78 is 10.2. The molecule has 0 aromatic heterocycles. The van der Waals surface area contributed by atoms with Gasteiger partial charge in [0.15, 0.2) is 6.79 Å². The normalized spacial score (nSPS) is 12.1. The Morgan fingerprint density at radius 2 is 2.21 bits per heavy atom. The Kier molecular flexibility index (Phi) is 4.16. The van der Waals surface area contributed by atoms with E-state index in [4.69, 9.17) is 15.2 Å². The zero-order chi connectivity index (χ0) is 10.4. The van der Waals surface area contributed by atoms with Crippen LogP contribution in [0.25, 0.3) is 0 Å². The fourth-order valence-corrected chi connectivity index (χ4v) is 1.14. The number of methoxy groups -OCH3 is 1. The first kappa shape index (κ1) is 10.8. The number of rotatable bonds is 5. The van der Waals surface area contributed by atoms with Gasteiger partial charge in [0.1, 0.15) is 5.75 Å². The molecule has 0 bridgehead atoms. The largest absolute Gasteiger partial charge is 0.467 e. The van der Waals surface area contributed by atoms with Gasteiger partial charge in [-0.15, -0.1) is 6.58 Å². The molecule has 0 saturated heterocycles. The first-order valence-electron chi connectivity index (χ1n) is 4.38. The molecule has 0 unspecified atom stereocenters. The van der Waals surface area contributed by atoms with Gasteiger partial charge in [-0.2, -0.15) is 0 Å². The minimum Gasteiger partial charge on any atom is -0.467 e. The molecule has 0 saturated carbocycles. The van der Waals surface area contributed by atoms with Crippen molar-refractivity contribution >= 4 is 0 Å². The Balaban J connectivity index is 2.85. The molecule has 1 atom stereocenters. The summed E-state index contributed by atoms with van der Waals surface area (Å²) in [6, 6.07) is 7.38. The van der Waals surface area contributed by atoms with Gasteiger partial charge in [0, 0.05) is 12.7 Å². The van der Waals surface area contributed by atoms with E-state index in [9.17, 15) is 0 Å². The summed E-state index contributed by atoms with van der Waals surface area (Å²) in [6.45, 7) is 3.87. The number of ether oxygens (including phenoxy) is 2. The molecule has 0 aliphatic heterocycles. The predicted octanol–water partition coefficient (Wildman–Crippen LogP) is 1.86. The van der Waals surface area contributed by atoms with Crippen LogP contribution in [0.15, 0.2) is 36.9 Å². The molecule has 3 nitrogen and oxygen atoms in total. The van der Waals surface area contributed by atoms with Crippen molar-refractivity contribution in [2.24, 2.45) is 5.73 Å². The van der Waals surface area contributed by atoms with Gasteiger partial charge in [-0.25, -0.2) is 0 Å². The lowest BCUT2D eigenvalue weighted by Gasteiger charge is -2.13. The molecular formula is C11H15NO2. The van der Waals surface area contributed by atoms with Crippen molar-refractivity contribution in [3.8, 4) is 5.75 Å². The maximum atomic E-state index is 5.83. The van der Waals surface area contributed by atoms with Gasteiger partial charge < -0.3 is 15.2 Å². The third kappa shape index (κ3) is 2.58. The summed E-state index contributed by atoms with van der Waals surface area (Å²) in [5.41, 5.74) is 6.74. The lowest BCUT2D eigenvalue weighted by atomic mass is 10.1. The van der Waals surface area contributed by atoms with E-state index in [-0.39, 0.29) is 12.8 Å². The number of para-hydroxylation sites is 1. The molecule has 0 fully saturated rings. The van der Waals surface area contributed by atoms with Crippen molar-refractivity contribution in [2.45, 2.75) is 6.04 Å². The van der Waals surface area contributed by atoms with E-state index in [0.717, 1.165) is 11.3 Å². The first-order valence-corrected chi connectivity index (χ1v) is 4.38. The molecule has 1 aromatic carbocycles. The van der Waals surface area contributed by atoms with E-state index in [1.54, 1.807) is 13.2 Å². The van der Waals surface area contributed by atoms with Crippen LogP contribution in [-0.2, 0) is 4.74 Å². The highest BCUT2D eigenvalue weighted by atomic mass is 16.7. The van der Waals surface area contributed by atoms with Gasteiger partial charge in [0.2, 0.25) is 0 Å². The zero-order valence-corrected chi connectivity index (χ0v) is 8.27. The summed E-state index contributed by atoms with van der Waals surface area (Å²) in [7, 11) is 1.58. The summed E-state index contributed by atoms with van der Waals surface area (Å²) in [5.74, 6) is 0.738. The molecule has 14 heavy (non-hydrogen) atoms. The molecule has 0 heterocycles. The summed E-state index contributed by atoms with van der Waals surface area (Å²) in [6.07, 6.45) is 1.68. The highest BCUT2D eigenvalue weighted by Crippen LogP contribution is 2.23. The van der Waals surface area contributed by atoms with E-state index < -0.39 is 0 Å². The molecule has 2 N–H and O–H groups in total. The third-order valence-electron chi connectivity index (χ3n) is 1.86. The summed E-state index contributed by atoms with van der Waals surface area (Å²) in [5, 5.41) is 0. The second-order valence-corrected chi connectivity index (χ2v) is 2.85. The molecule has 0 aliphatic carbocycles. The topological polar surface area (TPSA) is 44.5 Å². The summed E-state index contributed by atoms with van der Waals surface area (Å²) >= 11 is 0. The predicted molar refractivity (Wildman–Crippen MR) is 56.1 cm³/mol. The summed E-state index contributed by atoms with van der Waals surface area (Å²) in [4.78, 5) is 0. The monoisotopic (exact) mass is 193 g/mol. The number of nitrogens with two attached hydrogens (primary N) is 1. The second-order valence-electron chi connectivity index (χ2n) is 2.85. The zero-order valence-electron chi connectivity index (χ0n) is 8.27. The van der Waals surface area contributed by atoms with Crippen LogP contribution >= 0.6 is 0 Å². The molecule has 1 rings (SSSR count). The standard InChI is InChI=1S/C11H15NO2/c1-3-10(12)9-6-4-5-7-11(9)14-8-13-2/h3-7,10H,1,8,12H2,2H3/t10-/m1/s1. The number of hydrogen-bond donors (Lipinski definition) is 1. The Hall–Kier alpha value is -1.32. The van der Waals surface area contributed by atoms with Crippen molar-refractivity contribution in [3.05, 3.63) is 42.5 Å². The van der Waals surface area contributed by atoms with Crippen LogP contribution in [0.5, 0.6) is 5.75 Å². The first-order chi connectivity index (χ1) is 6.79. The van der Waals surface area contributed by atoms with Crippen molar-refractivity contribution in [1.29, 1.82) is 0 Å². The average Bonchev–Trinajstić information content (AvgIpc) is 2.25. The van der Waals surface area contributed by atoms with E-state index in [0.29, 0.717) is 0 Å². The van der Waals surface area contributed by atoms with Gasteiger partial charge in [-0.3, -0.25) is 0 Å². The quantitative estimate of drug-likeness (QED) is 0.573. The second kappa shape index (κ2) is 5.42. The van der Waals surface area contributed by atoms with E-state index >= 15 is 0 Å². The fraction of sp³-hybridized carbons (Fsp3) is 0.273. The Labute approximate surface area is 84.1 Å². The van der Waals surface area contributed by atoms with Gasteiger partial charge in [0.05, 0.1) is 6.04 Å². The van der Waals surface area contributed by atoms with Crippen molar-refractivity contribution in [2.75, 3.05) is 13.9 Å². The van der Waals surface area contributed by atoms with Gasteiger partial charge in [0.25, 0.3) is 0 Å². The van der Waals surface area contributed by atoms with Gasteiger partial charge in [-0.1, -0.05) is 24.3 Å². The highest BCUT2D eigenvalue weighted by molar-refractivity contribution is 5.37. The molecule has 0 spiro atoms. The lowest BCUT2D eigenvalue weighted by molar-refractivity contribution is 0.0503. The van der Waals surface area contributed by atoms with Crippen LogP contribution in [0.4, 0.5) is 0 Å². The van der Waals surface area contributed by atoms with E-state index in [1.807, 2.05) is 24.3 Å². The lowest BCUT2D eigenvalue weighted by Crippen LogP contribution is -2.10. The van der Waals surface area contributed by atoms with Crippen LogP contribution in [0.2, 0.25) is 0 Å². The van der Waals surface area contributed by atoms with E-state index in [1.165, 1.54) is 0 Å². The SMILES string of the molecule is C=C[C@@H](N)c1ccccc1OCOC. The van der Waals surface area contributed by atoms with Crippen LogP contribution in [0.1, 0.15) is 11.6 Å². The van der Waals surface area contributed by atoms with Crippen molar-refractivity contribution in [1.82, 2.24) is 0 Å². The van der Waals surface area contributed by atoms with Crippen LogP contribution in [0.3, 0.4) is 0 Å². The van der Waals surface area contributed by atoms with Gasteiger partial charge >= 0.3 is 0 Å². The van der Waals surface area contributed by atoms with Gasteiger partial charge in [-0.05, 0) is 6.07 Å². The van der Waals surface area contributed by atoms with Crippen molar-refractivity contribution < 1.29 is 9.47 Å². The minimum atomic E-state index is -0.206. The highest BCUT2D eigenvalue weighted by Gasteiger charge is 2.07. The molecule has 0 amide bonds. The van der Waals surface area contributed by atoms with Crippen molar-refractivity contribution in [3.63, 3.8) is 0 Å².